The molecular weight excluding hydrogens is 210 g/mol. The van der Waals surface area contributed by atoms with Crippen LogP contribution in [0.1, 0.15) is 39.0 Å². The Labute approximate surface area is 105 Å². The average molecular weight is 235 g/mol. The van der Waals surface area contributed by atoms with Gasteiger partial charge in [0, 0.05) is 13.1 Å². The third-order valence-electron chi connectivity index (χ3n) is 4.42. The Morgan fingerprint density at radius 2 is 2.06 bits per heavy atom. The Hall–Kier alpha value is -0.590. The van der Waals surface area contributed by atoms with Gasteiger partial charge >= 0.3 is 0 Å². The highest BCUT2D eigenvalue weighted by Crippen LogP contribution is 2.35. The second-order valence-corrected chi connectivity index (χ2v) is 5.59. The van der Waals surface area contributed by atoms with Gasteiger partial charge in [0.05, 0.1) is 6.07 Å². The summed E-state index contributed by atoms with van der Waals surface area (Å²) in [6.07, 6.45) is 7.09. The van der Waals surface area contributed by atoms with Crippen molar-refractivity contribution >= 4 is 0 Å². The third-order valence-corrected chi connectivity index (χ3v) is 4.42. The summed E-state index contributed by atoms with van der Waals surface area (Å²) in [7, 11) is 0. The van der Waals surface area contributed by atoms with Crippen LogP contribution in [0.15, 0.2) is 0 Å². The number of hydrogen-bond donors (Lipinski definition) is 1. The minimum absolute atomic E-state index is 0.0140. The minimum Gasteiger partial charge on any atom is -0.301 e. The van der Waals surface area contributed by atoms with Crippen molar-refractivity contribution in [3.05, 3.63) is 0 Å². The van der Waals surface area contributed by atoms with Gasteiger partial charge in [-0.15, -0.1) is 0 Å². The molecule has 17 heavy (non-hydrogen) atoms. The summed E-state index contributed by atoms with van der Waals surface area (Å²) in [5.41, 5.74) is 0. The predicted octanol–water partition coefficient (Wildman–Crippen LogP) is 2.00. The van der Waals surface area contributed by atoms with Crippen molar-refractivity contribution in [2.24, 2.45) is 11.8 Å². The van der Waals surface area contributed by atoms with E-state index in [1.54, 1.807) is 0 Å². The maximum Gasteiger partial charge on any atom is 0.108 e. The van der Waals surface area contributed by atoms with Crippen LogP contribution in [0.4, 0.5) is 0 Å². The maximum atomic E-state index is 9.08. The number of nitriles is 1. The average Bonchev–Trinajstić information content (AvgIpc) is 2.38. The molecule has 0 aromatic rings. The summed E-state index contributed by atoms with van der Waals surface area (Å²) < 4.78 is 0. The molecule has 3 nitrogen and oxygen atoms in total. The van der Waals surface area contributed by atoms with Crippen molar-refractivity contribution in [3.8, 4) is 6.07 Å². The largest absolute Gasteiger partial charge is 0.301 e. The molecule has 3 heteroatoms. The zero-order valence-electron chi connectivity index (χ0n) is 11.0. The molecule has 3 atom stereocenters. The Balaban J connectivity index is 1.81. The second-order valence-electron chi connectivity index (χ2n) is 5.59. The number of rotatable bonds is 4. The summed E-state index contributed by atoms with van der Waals surface area (Å²) in [6.45, 7) is 6.29. The molecule has 1 saturated carbocycles. The fourth-order valence-electron chi connectivity index (χ4n) is 3.50. The number of nitrogens with one attached hydrogen (secondary N) is 1. The van der Waals surface area contributed by atoms with Crippen molar-refractivity contribution in [2.75, 3.05) is 26.2 Å². The van der Waals surface area contributed by atoms with E-state index in [-0.39, 0.29) is 6.04 Å². The first-order valence-corrected chi connectivity index (χ1v) is 7.18. The number of piperidine rings is 1. The van der Waals surface area contributed by atoms with Gasteiger partial charge in [0.25, 0.3) is 0 Å². The van der Waals surface area contributed by atoms with E-state index in [4.69, 9.17) is 5.26 Å². The third kappa shape index (κ3) is 3.43. The molecule has 0 amide bonds. The zero-order chi connectivity index (χ0) is 12.1. The van der Waals surface area contributed by atoms with E-state index in [1.165, 1.54) is 45.2 Å². The van der Waals surface area contributed by atoms with E-state index in [1.807, 2.05) is 0 Å². The molecule has 1 heterocycles. The predicted molar refractivity (Wildman–Crippen MR) is 69.6 cm³/mol. The Bertz CT molecular complexity index is 271. The number of fused-ring (bicyclic) bond motifs is 1. The number of nitrogens with zero attached hydrogens (tertiary/aromatic N) is 2. The van der Waals surface area contributed by atoms with Crippen LogP contribution in [0.2, 0.25) is 0 Å². The standard InChI is InChI=1S/C14H25N3/c1-2-16-14(9-15)11-17-8-7-12-5-3-4-6-13(12)10-17/h12-14,16H,2-8,10-11H2,1H3. The highest BCUT2D eigenvalue weighted by atomic mass is 15.2. The van der Waals surface area contributed by atoms with Gasteiger partial charge in [-0.3, -0.25) is 0 Å². The van der Waals surface area contributed by atoms with Gasteiger partial charge < -0.3 is 10.2 Å². The lowest BCUT2D eigenvalue weighted by Crippen LogP contribution is -2.47. The topological polar surface area (TPSA) is 39.1 Å². The van der Waals surface area contributed by atoms with Crippen molar-refractivity contribution in [1.29, 1.82) is 5.26 Å². The molecule has 0 aromatic carbocycles. The lowest BCUT2D eigenvalue weighted by Gasteiger charge is -2.41. The van der Waals surface area contributed by atoms with Crippen LogP contribution in [0.3, 0.4) is 0 Å². The summed E-state index contributed by atoms with van der Waals surface area (Å²) in [5.74, 6) is 1.90. The molecule has 0 aromatic heterocycles. The molecule has 2 rings (SSSR count). The van der Waals surface area contributed by atoms with E-state index in [0.717, 1.165) is 24.9 Å². The number of likely N-dealkylation sites (tertiary alicyclic amines) is 1. The zero-order valence-corrected chi connectivity index (χ0v) is 11.0. The van der Waals surface area contributed by atoms with Crippen LogP contribution in [-0.4, -0.2) is 37.1 Å². The van der Waals surface area contributed by atoms with E-state index in [9.17, 15) is 0 Å². The highest BCUT2D eigenvalue weighted by molar-refractivity contribution is 4.93. The molecular formula is C14H25N3. The molecule has 1 N–H and O–H groups in total. The number of hydrogen-bond acceptors (Lipinski definition) is 3. The van der Waals surface area contributed by atoms with Gasteiger partial charge in [0.2, 0.25) is 0 Å². The normalized spacial score (nSPS) is 31.5. The summed E-state index contributed by atoms with van der Waals surface area (Å²) in [6, 6.07) is 2.38. The quantitative estimate of drug-likeness (QED) is 0.810. The van der Waals surface area contributed by atoms with Crippen LogP contribution in [0.25, 0.3) is 0 Å². The van der Waals surface area contributed by atoms with Crippen LogP contribution in [0, 0.1) is 23.2 Å². The summed E-state index contributed by atoms with van der Waals surface area (Å²) in [5, 5.41) is 12.3. The first-order valence-electron chi connectivity index (χ1n) is 7.18. The van der Waals surface area contributed by atoms with E-state index < -0.39 is 0 Å². The van der Waals surface area contributed by atoms with Crippen LogP contribution in [-0.2, 0) is 0 Å². The molecule has 2 fully saturated rings. The highest BCUT2D eigenvalue weighted by Gasteiger charge is 2.31. The molecule has 0 spiro atoms. The summed E-state index contributed by atoms with van der Waals surface area (Å²) >= 11 is 0. The van der Waals surface area contributed by atoms with Gasteiger partial charge in [-0.25, -0.2) is 0 Å². The molecule has 2 aliphatic rings. The van der Waals surface area contributed by atoms with Gasteiger partial charge in [0.1, 0.15) is 6.04 Å². The smallest absolute Gasteiger partial charge is 0.108 e. The minimum atomic E-state index is 0.0140. The summed E-state index contributed by atoms with van der Waals surface area (Å²) in [4.78, 5) is 2.50. The molecule has 1 aliphatic heterocycles. The van der Waals surface area contributed by atoms with Crippen molar-refractivity contribution in [1.82, 2.24) is 10.2 Å². The Morgan fingerprint density at radius 1 is 1.29 bits per heavy atom. The van der Waals surface area contributed by atoms with Crippen LogP contribution >= 0.6 is 0 Å². The van der Waals surface area contributed by atoms with Crippen LogP contribution in [0.5, 0.6) is 0 Å². The van der Waals surface area contributed by atoms with Crippen molar-refractivity contribution in [2.45, 2.75) is 45.1 Å². The maximum absolute atomic E-state index is 9.08. The van der Waals surface area contributed by atoms with Crippen molar-refractivity contribution in [3.63, 3.8) is 0 Å². The Kier molecular flexibility index (Phi) is 4.82. The first-order chi connectivity index (χ1) is 8.33. The van der Waals surface area contributed by atoms with E-state index >= 15 is 0 Å². The number of likely N-dealkylation sites (N-methyl/N-ethyl adjacent to an activating group) is 1. The van der Waals surface area contributed by atoms with E-state index in [0.29, 0.717) is 0 Å². The molecule has 0 bridgehead atoms. The molecule has 1 aliphatic carbocycles. The molecule has 0 radical (unpaired) electrons. The van der Waals surface area contributed by atoms with E-state index in [2.05, 4.69) is 23.2 Å². The van der Waals surface area contributed by atoms with Gasteiger partial charge in [-0.2, -0.15) is 5.26 Å². The van der Waals surface area contributed by atoms with Crippen molar-refractivity contribution < 1.29 is 0 Å². The lowest BCUT2D eigenvalue weighted by molar-refractivity contribution is 0.0838. The van der Waals surface area contributed by atoms with Gasteiger partial charge in [-0.1, -0.05) is 26.2 Å². The van der Waals surface area contributed by atoms with Gasteiger partial charge in [-0.05, 0) is 37.8 Å². The first kappa shape index (κ1) is 12.9. The molecule has 3 unspecified atom stereocenters. The molecule has 1 saturated heterocycles. The molecule has 96 valence electrons. The second kappa shape index (κ2) is 6.37. The lowest BCUT2D eigenvalue weighted by atomic mass is 9.75. The SMILES string of the molecule is CCNC(C#N)CN1CCC2CCCCC2C1. The Morgan fingerprint density at radius 3 is 2.76 bits per heavy atom. The monoisotopic (exact) mass is 235 g/mol. The fourth-order valence-corrected chi connectivity index (χ4v) is 3.50. The van der Waals surface area contributed by atoms with Gasteiger partial charge in [0.15, 0.2) is 0 Å². The van der Waals surface area contributed by atoms with Crippen LogP contribution < -0.4 is 5.32 Å². The fraction of sp³-hybridized carbons (Fsp3) is 0.929.